The van der Waals surface area contributed by atoms with E-state index in [9.17, 15) is 5.26 Å². The fourth-order valence-corrected chi connectivity index (χ4v) is 2.67. The lowest BCUT2D eigenvalue weighted by Crippen LogP contribution is -2.35. The number of anilines is 1. The Balaban J connectivity index is 2.13. The average molecular weight is 293 g/mol. The van der Waals surface area contributed by atoms with Gasteiger partial charge in [-0.2, -0.15) is 5.26 Å². The summed E-state index contributed by atoms with van der Waals surface area (Å²) in [7, 11) is 0. The minimum atomic E-state index is -0.357. The lowest BCUT2D eigenvalue weighted by molar-refractivity contribution is 0.510. The van der Waals surface area contributed by atoms with Crippen LogP contribution >= 0.6 is 15.9 Å². The highest BCUT2D eigenvalue weighted by Crippen LogP contribution is 2.30. The van der Waals surface area contributed by atoms with Crippen molar-refractivity contribution in [3.63, 3.8) is 0 Å². The molecule has 17 heavy (non-hydrogen) atoms. The van der Waals surface area contributed by atoms with E-state index in [0.717, 1.165) is 35.8 Å². The van der Waals surface area contributed by atoms with E-state index >= 15 is 0 Å². The van der Waals surface area contributed by atoms with Gasteiger partial charge in [0.25, 0.3) is 0 Å². The topological polar surface area (TPSA) is 35.8 Å². The van der Waals surface area contributed by atoms with E-state index in [4.69, 9.17) is 0 Å². The molecule has 0 aromatic heterocycles. The van der Waals surface area contributed by atoms with Crippen LogP contribution in [0.1, 0.15) is 38.5 Å². The Labute approximate surface area is 111 Å². The largest absolute Gasteiger partial charge is 0.367 e. The van der Waals surface area contributed by atoms with Crippen LogP contribution in [0, 0.1) is 11.3 Å². The summed E-state index contributed by atoms with van der Waals surface area (Å²) in [5.74, 6) is 0. The first-order valence-corrected chi connectivity index (χ1v) is 6.98. The van der Waals surface area contributed by atoms with Crippen LogP contribution in [0.5, 0.6) is 0 Å². The van der Waals surface area contributed by atoms with E-state index in [2.05, 4.69) is 27.3 Å². The molecule has 1 aliphatic carbocycles. The van der Waals surface area contributed by atoms with Crippen LogP contribution in [-0.2, 0) is 0 Å². The number of rotatable bonds is 2. The fraction of sp³-hybridized carbons (Fsp3) is 0.500. The van der Waals surface area contributed by atoms with Crippen molar-refractivity contribution in [3.05, 3.63) is 28.7 Å². The maximum atomic E-state index is 9.46. The molecule has 0 bridgehead atoms. The molecule has 0 unspecified atom stereocenters. The van der Waals surface area contributed by atoms with Gasteiger partial charge in [0.15, 0.2) is 0 Å². The molecule has 0 spiro atoms. The van der Waals surface area contributed by atoms with Crippen molar-refractivity contribution in [1.29, 1.82) is 5.26 Å². The van der Waals surface area contributed by atoms with Crippen molar-refractivity contribution in [2.24, 2.45) is 0 Å². The molecule has 0 radical (unpaired) electrons. The molecule has 1 N–H and O–H groups in total. The Morgan fingerprint density at radius 3 is 2.18 bits per heavy atom. The Morgan fingerprint density at radius 2 is 1.65 bits per heavy atom. The van der Waals surface area contributed by atoms with Crippen LogP contribution in [0.3, 0.4) is 0 Å². The molecule has 0 amide bonds. The predicted octanol–water partition coefficient (Wildman–Crippen LogP) is 4.48. The molecule has 2 rings (SSSR count). The lowest BCUT2D eigenvalue weighted by Gasteiger charge is -2.27. The van der Waals surface area contributed by atoms with Crippen LogP contribution in [0.15, 0.2) is 28.7 Å². The number of nitrogens with one attached hydrogen (secondary N) is 1. The van der Waals surface area contributed by atoms with Crippen LogP contribution in [0.25, 0.3) is 0 Å². The monoisotopic (exact) mass is 292 g/mol. The van der Waals surface area contributed by atoms with E-state index in [0.29, 0.717) is 0 Å². The summed E-state index contributed by atoms with van der Waals surface area (Å²) >= 11 is 3.42. The van der Waals surface area contributed by atoms with Crippen LogP contribution in [0.2, 0.25) is 0 Å². The van der Waals surface area contributed by atoms with E-state index in [1.165, 1.54) is 12.8 Å². The molecule has 0 saturated heterocycles. The summed E-state index contributed by atoms with van der Waals surface area (Å²) in [6.45, 7) is 0. The third kappa shape index (κ3) is 3.23. The van der Waals surface area contributed by atoms with Gasteiger partial charge in [0, 0.05) is 10.2 Å². The third-order valence-corrected chi connectivity index (χ3v) is 3.93. The minimum Gasteiger partial charge on any atom is -0.367 e. The van der Waals surface area contributed by atoms with Gasteiger partial charge < -0.3 is 5.32 Å². The van der Waals surface area contributed by atoms with E-state index in [-0.39, 0.29) is 5.54 Å². The normalized spacial score (nSPS) is 19.1. The second kappa shape index (κ2) is 5.55. The van der Waals surface area contributed by atoms with Gasteiger partial charge in [0.1, 0.15) is 5.54 Å². The molecule has 1 saturated carbocycles. The van der Waals surface area contributed by atoms with Crippen LogP contribution in [-0.4, -0.2) is 5.54 Å². The molecule has 1 aliphatic rings. The van der Waals surface area contributed by atoms with Gasteiger partial charge in [0.05, 0.1) is 6.07 Å². The summed E-state index contributed by atoms with van der Waals surface area (Å²) in [5, 5.41) is 12.9. The maximum Gasteiger partial charge on any atom is 0.125 e. The fourth-order valence-electron chi connectivity index (χ4n) is 2.41. The molecule has 1 aromatic carbocycles. The van der Waals surface area contributed by atoms with Gasteiger partial charge in [-0.15, -0.1) is 0 Å². The smallest absolute Gasteiger partial charge is 0.125 e. The molecule has 2 nitrogen and oxygen atoms in total. The summed E-state index contributed by atoms with van der Waals surface area (Å²) in [4.78, 5) is 0. The highest BCUT2D eigenvalue weighted by Gasteiger charge is 2.30. The first-order chi connectivity index (χ1) is 8.24. The maximum absolute atomic E-state index is 9.46. The Bertz CT molecular complexity index is 397. The first kappa shape index (κ1) is 12.4. The summed E-state index contributed by atoms with van der Waals surface area (Å²) in [6.07, 6.45) is 6.73. The van der Waals surface area contributed by atoms with E-state index in [1.54, 1.807) is 0 Å². The first-order valence-electron chi connectivity index (χ1n) is 6.19. The van der Waals surface area contributed by atoms with Gasteiger partial charge in [-0.25, -0.2) is 0 Å². The number of hydrogen-bond donors (Lipinski definition) is 1. The van der Waals surface area contributed by atoms with Gasteiger partial charge in [0.2, 0.25) is 0 Å². The Hall–Kier alpha value is -1.01. The molecule has 1 aromatic rings. The van der Waals surface area contributed by atoms with Gasteiger partial charge in [-0.05, 0) is 37.1 Å². The zero-order chi connectivity index (χ0) is 12.1. The van der Waals surface area contributed by atoms with Crippen molar-refractivity contribution in [1.82, 2.24) is 0 Å². The molecule has 90 valence electrons. The number of nitrogens with zero attached hydrogens (tertiary/aromatic N) is 1. The lowest BCUT2D eigenvalue weighted by atomic mass is 9.91. The molecule has 0 aliphatic heterocycles. The molecule has 3 heteroatoms. The second-order valence-electron chi connectivity index (χ2n) is 4.74. The molecular formula is C14H17BrN2. The number of nitriles is 1. The zero-order valence-electron chi connectivity index (χ0n) is 9.88. The predicted molar refractivity (Wildman–Crippen MR) is 73.8 cm³/mol. The second-order valence-corrected chi connectivity index (χ2v) is 5.66. The SMILES string of the molecule is N#CC1(Nc2ccc(Br)cc2)CCCCCC1. The van der Waals surface area contributed by atoms with Gasteiger partial charge in [-0.1, -0.05) is 41.6 Å². The standard InChI is InChI=1S/C14H17BrN2/c15-12-5-7-13(8-6-12)17-14(11-16)9-3-1-2-4-10-14/h5-8,17H,1-4,9-10H2. The average Bonchev–Trinajstić information content (AvgIpc) is 2.58. The van der Waals surface area contributed by atoms with Gasteiger partial charge >= 0.3 is 0 Å². The van der Waals surface area contributed by atoms with E-state index in [1.807, 2.05) is 24.3 Å². The molecular weight excluding hydrogens is 276 g/mol. The molecule has 1 fully saturated rings. The third-order valence-electron chi connectivity index (χ3n) is 3.40. The van der Waals surface area contributed by atoms with Crippen molar-refractivity contribution in [2.45, 2.75) is 44.1 Å². The zero-order valence-corrected chi connectivity index (χ0v) is 11.5. The van der Waals surface area contributed by atoms with E-state index < -0.39 is 0 Å². The quantitative estimate of drug-likeness (QED) is 0.816. The van der Waals surface area contributed by atoms with Gasteiger partial charge in [-0.3, -0.25) is 0 Å². The highest BCUT2D eigenvalue weighted by atomic mass is 79.9. The van der Waals surface area contributed by atoms with Crippen molar-refractivity contribution in [2.75, 3.05) is 5.32 Å². The Morgan fingerprint density at radius 1 is 1.06 bits per heavy atom. The van der Waals surface area contributed by atoms with Crippen LogP contribution in [0.4, 0.5) is 5.69 Å². The number of benzene rings is 1. The highest BCUT2D eigenvalue weighted by molar-refractivity contribution is 9.10. The minimum absolute atomic E-state index is 0.357. The summed E-state index contributed by atoms with van der Waals surface area (Å²) < 4.78 is 1.06. The van der Waals surface area contributed by atoms with Crippen LogP contribution < -0.4 is 5.32 Å². The van der Waals surface area contributed by atoms with Crippen molar-refractivity contribution >= 4 is 21.6 Å². The Kier molecular flexibility index (Phi) is 4.06. The molecule has 0 heterocycles. The van der Waals surface area contributed by atoms with Crippen molar-refractivity contribution < 1.29 is 0 Å². The summed E-state index contributed by atoms with van der Waals surface area (Å²) in [5.41, 5.74) is 0.682. The number of hydrogen-bond acceptors (Lipinski definition) is 2. The number of halogens is 1. The molecule has 0 atom stereocenters. The van der Waals surface area contributed by atoms with Crippen molar-refractivity contribution in [3.8, 4) is 6.07 Å². The summed E-state index contributed by atoms with van der Waals surface area (Å²) in [6, 6.07) is 10.5.